The highest BCUT2D eigenvalue weighted by Crippen LogP contribution is 2.29. The number of thioether (sulfide) groups is 1. The van der Waals surface area contributed by atoms with Crippen molar-refractivity contribution in [2.75, 3.05) is 12.3 Å². The van der Waals surface area contributed by atoms with Gasteiger partial charge in [0.1, 0.15) is 0 Å². The van der Waals surface area contributed by atoms with Crippen LogP contribution in [0.4, 0.5) is 0 Å². The highest BCUT2D eigenvalue weighted by atomic mass is 32.2. The molecule has 1 aliphatic rings. The molecule has 0 saturated heterocycles. The molecule has 112 valence electrons. The van der Waals surface area contributed by atoms with E-state index in [0.717, 1.165) is 12.5 Å². The van der Waals surface area contributed by atoms with Crippen molar-refractivity contribution in [1.82, 2.24) is 5.32 Å². The molecule has 1 aliphatic carbocycles. The van der Waals surface area contributed by atoms with Gasteiger partial charge in [0.25, 0.3) is 0 Å². The number of hydrogen-bond donors (Lipinski definition) is 1. The molecule has 0 aliphatic heterocycles. The highest BCUT2D eigenvalue weighted by Gasteiger charge is 2.22. The molecule has 1 N–H and O–H groups in total. The van der Waals surface area contributed by atoms with Crippen molar-refractivity contribution in [1.29, 1.82) is 0 Å². The molecule has 0 spiro atoms. The quantitative estimate of drug-likeness (QED) is 0.553. The van der Waals surface area contributed by atoms with Crippen LogP contribution in [0.25, 0.3) is 0 Å². The van der Waals surface area contributed by atoms with Crippen LogP contribution in [-0.2, 0) is 0 Å². The van der Waals surface area contributed by atoms with E-state index in [1.807, 2.05) is 11.8 Å². The van der Waals surface area contributed by atoms with Gasteiger partial charge in [-0.05, 0) is 43.9 Å². The molecule has 0 heterocycles. The Labute approximate surface area is 128 Å². The first kappa shape index (κ1) is 15.9. The Morgan fingerprint density at radius 2 is 1.80 bits per heavy atom. The molecule has 0 bridgehead atoms. The fourth-order valence-corrected chi connectivity index (χ4v) is 4.22. The zero-order chi connectivity index (χ0) is 14.0. The summed E-state index contributed by atoms with van der Waals surface area (Å²) in [5, 5.41) is 3.82. The van der Waals surface area contributed by atoms with E-state index in [0.29, 0.717) is 6.04 Å². The van der Waals surface area contributed by atoms with Crippen molar-refractivity contribution in [3.05, 3.63) is 30.3 Å². The van der Waals surface area contributed by atoms with E-state index in [1.165, 1.54) is 55.6 Å². The molecule has 1 aromatic rings. The van der Waals surface area contributed by atoms with Crippen molar-refractivity contribution in [2.24, 2.45) is 5.92 Å². The van der Waals surface area contributed by atoms with Gasteiger partial charge in [0.2, 0.25) is 0 Å². The van der Waals surface area contributed by atoms with Gasteiger partial charge in [-0.2, -0.15) is 0 Å². The molecular formula is C18H29NS. The Kier molecular flexibility index (Phi) is 7.53. The summed E-state index contributed by atoms with van der Waals surface area (Å²) >= 11 is 2.02. The Hall–Kier alpha value is -0.470. The maximum absolute atomic E-state index is 3.82. The molecule has 1 aromatic carbocycles. The van der Waals surface area contributed by atoms with Crippen LogP contribution in [0.1, 0.15) is 51.9 Å². The van der Waals surface area contributed by atoms with Crippen molar-refractivity contribution in [2.45, 2.75) is 62.8 Å². The predicted octanol–water partition coefficient (Wildman–Crippen LogP) is 5.12. The van der Waals surface area contributed by atoms with Crippen LogP contribution in [-0.4, -0.2) is 18.3 Å². The Morgan fingerprint density at radius 3 is 2.45 bits per heavy atom. The van der Waals surface area contributed by atoms with E-state index in [2.05, 4.69) is 42.6 Å². The molecule has 1 unspecified atom stereocenters. The molecule has 0 radical (unpaired) electrons. The summed E-state index contributed by atoms with van der Waals surface area (Å²) in [4.78, 5) is 1.41. The summed E-state index contributed by atoms with van der Waals surface area (Å²) < 4.78 is 0. The molecule has 1 saturated carbocycles. The van der Waals surface area contributed by atoms with Crippen LogP contribution < -0.4 is 5.32 Å². The van der Waals surface area contributed by atoms with Gasteiger partial charge in [-0.1, -0.05) is 50.8 Å². The lowest BCUT2D eigenvalue weighted by molar-refractivity contribution is 0.343. The van der Waals surface area contributed by atoms with Crippen molar-refractivity contribution < 1.29 is 0 Å². The van der Waals surface area contributed by atoms with Crippen LogP contribution in [0.2, 0.25) is 0 Å². The summed E-state index contributed by atoms with van der Waals surface area (Å²) in [5.74, 6) is 2.11. The van der Waals surface area contributed by atoms with Gasteiger partial charge in [-0.3, -0.25) is 0 Å². The van der Waals surface area contributed by atoms with E-state index in [9.17, 15) is 0 Å². The van der Waals surface area contributed by atoms with E-state index in [-0.39, 0.29) is 0 Å². The average Bonchev–Trinajstić information content (AvgIpc) is 2.78. The molecule has 2 heteroatoms. The standard InChI is InChI=1S/C18H29NS/c1-2-14-19-18(16-10-6-3-4-7-11-16)15-20-17-12-8-5-9-13-17/h5,8-9,12-13,16,18-19H,2-4,6-7,10-11,14-15H2,1H3. The summed E-state index contributed by atoms with van der Waals surface area (Å²) in [7, 11) is 0. The smallest absolute Gasteiger partial charge is 0.0189 e. The second kappa shape index (κ2) is 9.46. The lowest BCUT2D eigenvalue weighted by atomic mass is 9.93. The molecular weight excluding hydrogens is 262 g/mol. The maximum atomic E-state index is 3.82. The topological polar surface area (TPSA) is 12.0 Å². The van der Waals surface area contributed by atoms with E-state index in [1.54, 1.807) is 0 Å². The third-order valence-electron chi connectivity index (χ3n) is 4.30. The fourth-order valence-electron chi connectivity index (χ4n) is 3.11. The summed E-state index contributed by atoms with van der Waals surface area (Å²) in [5.41, 5.74) is 0. The summed E-state index contributed by atoms with van der Waals surface area (Å²) in [6.07, 6.45) is 9.86. The lowest BCUT2D eigenvalue weighted by Gasteiger charge is -2.27. The fraction of sp³-hybridized carbons (Fsp3) is 0.667. The van der Waals surface area contributed by atoms with Gasteiger partial charge >= 0.3 is 0 Å². The van der Waals surface area contributed by atoms with Gasteiger partial charge in [-0.25, -0.2) is 0 Å². The van der Waals surface area contributed by atoms with Crippen molar-refractivity contribution in [3.63, 3.8) is 0 Å². The first-order chi connectivity index (χ1) is 9.90. The average molecular weight is 292 g/mol. The third-order valence-corrected chi connectivity index (χ3v) is 5.43. The second-order valence-corrected chi connectivity index (χ2v) is 7.03. The first-order valence-corrected chi connectivity index (χ1v) is 9.30. The van der Waals surface area contributed by atoms with Crippen LogP contribution in [0.3, 0.4) is 0 Å². The first-order valence-electron chi connectivity index (χ1n) is 8.31. The molecule has 1 fully saturated rings. The van der Waals surface area contributed by atoms with Crippen LogP contribution in [0.15, 0.2) is 35.2 Å². The maximum Gasteiger partial charge on any atom is 0.0189 e. The van der Waals surface area contributed by atoms with Gasteiger partial charge in [-0.15, -0.1) is 11.8 Å². The number of hydrogen-bond acceptors (Lipinski definition) is 2. The minimum absolute atomic E-state index is 0.693. The largest absolute Gasteiger partial charge is 0.313 e. The zero-order valence-corrected chi connectivity index (χ0v) is 13.6. The monoisotopic (exact) mass is 291 g/mol. The number of rotatable bonds is 7. The van der Waals surface area contributed by atoms with Crippen molar-refractivity contribution in [3.8, 4) is 0 Å². The highest BCUT2D eigenvalue weighted by molar-refractivity contribution is 7.99. The molecule has 2 rings (SSSR count). The predicted molar refractivity (Wildman–Crippen MR) is 90.4 cm³/mol. The molecule has 20 heavy (non-hydrogen) atoms. The number of nitrogens with one attached hydrogen (secondary N) is 1. The van der Waals surface area contributed by atoms with Crippen LogP contribution in [0.5, 0.6) is 0 Å². The minimum atomic E-state index is 0.693. The van der Waals surface area contributed by atoms with E-state index >= 15 is 0 Å². The SMILES string of the molecule is CCCNC(CSc1ccccc1)C1CCCCCC1. The van der Waals surface area contributed by atoms with E-state index < -0.39 is 0 Å². The van der Waals surface area contributed by atoms with Gasteiger partial charge in [0.05, 0.1) is 0 Å². The Bertz CT molecular complexity index is 344. The summed E-state index contributed by atoms with van der Waals surface area (Å²) in [6, 6.07) is 11.5. The lowest BCUT2D eigenvalue weighted by Crippen LogP contribution is -2.38. The third kappa shape index (κ3) is 5.49. The Balaban J connectivity index is 1.88. The molecule has 1 atom stereocenters. The van der Waals surface area contributed by atoms with Gasteiger partial charge in [0.15, 0.2) is 0 Å². The number of benzene rings is 1. The van der Waals surface area contributed by atoms with Crippen molar-refractivity contribution >= 4 is 11.8 Å². The molecule has 0 amide bonds. The minimum Gasteiger partial charge on any atom is -0.313 e. The second-order valence-electron chi connectivity index (χ2n) is 5.94. The zero-order valence-electron chi connectivity index (χ0n) is 12.8. The van der Waals surface area contributed by atoms with E-state index in [4.69, 9.17) is 0 Å². The van der Waals surface area contributed by atoms with Crippen LogP contribution in [0, 0.1) is 5.92 Å². The Morgan fingerprint density at radius 1 is 1.10 bits per heavy atom. The summed E-state index contributed by atoms with van der Waals surface area (Å²) in [6.45, 7) is 3.43. The normalized spacial score (nSPS) is 18.6. The molecule has 1 nitrogen and oxygen atoms in total. The van der Waals surface area contributed by atoms with Gasteiger partial charge < -0.3 is 5.32 Å². The van der Waals surface area contributed by atoms with Crippen LogP contribution >= 0.6 is 11.8 Å². The molecule has 0 aromatic heterocycles. The van der Waals surface area contributed by atoms with Gasteiger partial charge in [0, 0.05) is 16.7 Å².